The van der Waals surface area contributed by atoms with Crippen LogP contribution in [0, 0.1) is 52.3 Å². The molecule has 81 heavy (non-hydrogen) atoms. The van der Waals surface area contributed by atoms with E-state index in [9.17, 15) is 71.5 Å². The maximum Gasteiger partial charge on any atom is 0.187 e. The summed E-state index contributed by atoms with van der Waals surface area (Å²) in [5, 5.41) is 153. The summed E-state index contributed by atoms with van der Waals surface area (Å²) in [5.74, 6) is 2.46. The molecule has 4 saturated carbocycles. The monoisotopic (exact) mass is 1170 g/mol. The Bertz CT molecular complexity index is 2090. The van der Waals surface area contributed by atoms with Gasteiger partial charge in [0, 0.05) is 12.3 Å². The molecule has 7 heterocycles. The third kappa shape index (κ3) is 10.9. The van der Waals surface area contributed by atoms with Crippen molar-refractivity contribution in [1.82, 2.24) is 0 Å². The zero-order chi connectivity index (χ0) is 57.8. The van der Waals surface area contributed by atoms with Crippen molar-refractivity contribution in [2.24, 2.45) is 52.3 Å². The molecule has 11 fully saturated rings. The van der Waals surface area contributed by atoms with Gasteiger partial charge in [0.05, 0.1) is 51.8 Å². The average Bonchev–Trinajstić information content (AvgIpc) is 3.97. The lowest BCUT2D eigenvalue weighted by atomic mass is 9.44. The van der Waals surface area contributed by atoms with Gasteiger partial charge in [0.2, 0.25) is 0 Å². The van der Waals surface area contributed by atoms with Crippen molar-refractivity contribution in [2.75, 3.05) is 39.6 Å². The molecule has 26 heteroatoms. The lowest BCUT2D eigenvalue weighted by Gasteiger charge is -2.61. The first-order chi connectivity index (χ1) is 38.6. The van der Waals surface area contributed by atoms with Crippen LogP contribution in [0.3, 0.4) is 0 Å². The van der Waals surface area contributed by atoms with Crippen LogP contribution >= 0.6 is 0 Å². The van der Waals surface area contributed by atoms with E-state index in [1.165, 1.54) is 0 Å². The standard InChI is InChI=1S/C55H90O26/c1-21-7-12-55(72-18-21)22(2)34-30(81-55)14-27-25-6-5-23-13-24(8-10-53(23,3)26(25)9-11-54(27,34)4)73-51-46(80-50-43(69)40(66)37(63)31(15-56)74-50)45(39(65)32(16-57)75-51)78-52-47(79-49-42(68)36(62)29(60)20-71-49)44(38(64)33(17-58)76-52)77-48-41(67)35(61)28(59)19-70-48/h21-52,56-69H,5-20H2,1-4H3. The Morgan fingerprint density at radius 1 is 0.457 bits per heavy atom. The van der Waals surface area contributed by atoms with Crippen molar-refractivity contribution >= 4 is 0 Å². The number of aliphatic hydroxyl groups excluding tert-OH is 14. The maximum atomic E-state index is 12.2. The lowest BCUT2D eigenvalue weighted by molar-refractivity contribution is -0.413. The molecular formula is C55H90O26. The molecule has 11 aliphatic rings. The van der Waals surface area contributed by atoms with E-state index in [-0.39, 0.29) is 22.9 Å². The summed E-state index contributed by atoms with van der Waals surface area (Å²) < 4.78 is 75.1. The quantitative estimate of drug-likeness (QED) is 0.0786. The first kappa shape index (κ1) is 61.6. The molecule has 0 amide bonds. The highest BCUT2D eigenvalue weighted by Gasteiger charge is 2.70. The van der Waals surface area contributed by atoms with Crippen LogP contribution in [0.25, 0.3) is 0 Å². The van der Waals surface area contributed by atoms with Crippen molar-refractivity contribution < 1.29 is 128 Å². The van der Waals surface area contributed by atoms with E-state index >= 15 is 0 Å². The van der Waals surface area contributed by atoms with Crippen molar-refractivity contribution in [3.63, 3.8) is 0 Å². The molecule has 35 unspecified atom stereocenters. The fourth-order valence-electron chi connectivity index (χ4n) is 17.0. The third-order valence-electron chi connectivity index (χ3n) is 21.7. The van der Waals surface area contributed by atoms with Gasteiger partial charge in [-0.05, 0) is 104 Å². The Labute approximate surface area is 470 Å². The van der Waals surface area contributed by atoms with Gasteiger partial charge in [-0.15, -0.1) is 0 Å². The van der Waals surface area contributed by atoms with Gasteiger partial charge in [-0.2, -0.15) is 0 Å². The number of hydrogen-bond acceptors (Lipinski definition) is 26. The van der Waals surface area contributed by atoms with E-state index < -0.39 is 186 Å². The third-order valence-corrected chi connectivity index (χ3v) is 21.7. The highest BCUT2D eigenvalue weighted by Crippen LogP contribution is 2.71. The molecule has 466 valence electrons. The summed E-state index contributed by atoms with van der Waals surface area (Å²) in [6.07, 6.45) is -32.3. The highest BCUT2D eigenvalue weighted by molar-refractivity contribution is 5.16. The largest absolute Gasteiger partial charge is 0.394 e. The zero-order valence-electron chi connectivity index (χ0n) is 46.4. The van der Waals surface area contributed by atoms with Crippen LogP contribution in [0.5, 0.6) is 0 Å². The van der Waals surface area contributed by atoms with Gasteiger partial charge in [0.1, 0.15) is 110 Å². The number of hydrogen-bond donors (Lipinski definition) is 14. The summed E-state index contributed by atoms with van der Waals surface area (Å²) in [6.45, 7) is 6.54. The van der Waals surface area contributed by atoms with Crippen molar-refractivity contribution in [3.05, 3.63) is 0 Å². The lowest BCUT2D eigenvalue weighted by Crippen LogP contribution is -2.69. The fraction of sp³-hybridized carbons (Fsp3) is 1.00. The smallest absolute Gasteiger partial charge is 0.187 e. The van der Waals surface area contributed by atoms with E-state index in [4.69, 9.17) is 56.8 Å². The fourth-order valence-corrected chi connectivity index (χ4v) is 17.0. The van der Waals surface area contributed by atoms with Crippen molar-refractivity contribution in [3.8, 4) is 0 Å². The summed E-state index contributed by atoms with van der Waals surface area (Å²) >= 11 is 0. The Kier molecular flexibility index (Phi) is 18.4. The second kappa shape index (κ2) is 24.2. The van der Waals surface area contributed by atoms with Crippen LogP contribution in [0.4, 0.5) is 0 Å². The molecule has 4 aliphatic carbocycles. The second-order valence-electron chi connectivity index (χ2n) is 26.2. The topological polar surface area (TPSA) is 394 Å². The van der Waals surface area contributed by atoms with Crippen molar-refractivity contribution in [1.29, 1.82) is 0 Å². The molecule has 0 aromatic heterocycles. The molecule has 7 aliphatic heterocycles. The van der Waals surface area contributed by atoms with Crippen LogP contribution in [0.1, 0.15) is 91.9 Å². The molecular weight excluding hydrogens is 1080 g/mol. The molecule has 0 aromatic rings. The molecule has 7 saturated heterocycles. The minimum atomic E-state index is -1.99. The van der Waals surface area contributed by atoms with E-state index in [1.54, 1.807) is 0 Å². The zero-order valence-corrected chi connectivity index (χ0v) is 46.4. The number of fused-ring (bicyclic) bond motifs is 7. The van der Waals surface area contributed by atoms with Gasteiger partial charge >= 0.3 is 0 Å². The second-order valence-corrected chi connectivity index (χ2v) is 26.2. The normalized spacial score (nSPS) is 57.6. The molecule has 11 rings (SSSR count). The van der Waals surface area contributed by atoms with Crippen molar-refractivity contribution in [2.45, 2.75) is 251 Å². The number of rotatable bonds is 13. The first-order valence-corrected chi connectivity index (χ1v) is 29.7. The predicted octanol–water partition coefficient (Wildman–Crippen LogP) is -3.81. The average molecular weight is 1170 g/mol. The number of aliphatic hydroxyl groups is 14. The van der Waals surface area contributed by atoms with E-state index in [0.29, 0.717) is 48.3 Å². The summed E-state index contributed by atoms with van der Waals surface area (Å²) in [6, 6.07) is 0. The number of ether oxygens (including phenoxy) is 12. The van der Waals surface area contributed by atoms with Crippen LogP contribution < -0.4 is 0 Å². The van der Waals surface area contributed by atoms with Gasteiger partial charge in [-0.25, -0.2) is 0 Å². The molecule has 1 spiro atoms. The van der Waals surface area contributed by atoms with Crippen LogP contribution in [0.2, 0.25) is 0 Å². The minimum Gasteiger partial charge on any atom is -0.394 e. The van der Waals surface area contributed by atoms with Gasteiger partial charge < -0.3 is 128 Å². The highest BCUT2D eigenvalue weighted by atomic mass is 16.8. The summed E-state index contributed by atoms with van der Waals surface area (Å²) in [5.41, 5.74) is 0.0949. The summed E-state index contributed by atoms with van der Waals surface area (Å²) in [4.78, 5) is 0. The molecule has 35 atom stereocenters. The molecule has 0 bridgehead atoms. The van der Waals surface area contributed by atoms with Gasteiger partial charge in [-0.3, -0.25) is 0 Å². The van der Waals surface area contributed by atoms with E-state index in [1.807, 2.05) is 0 Å². The first-order valence-electron chi connectivity index (χ1n) is 29.7. The minimum absolute atomic E-state index is 0.0344. The SMILES string of the molecule is CC1CCC2(OC1)OC1CC3C4CCC5CC(OC6OC(CO)C(O)C(OC7OC(CO)C(O)C(OC8OCC(O)C(O)C8O)C7OC7OCC(O)C(O)C7O)C6OC6OC(CO)C(O)C(O)C6O)CCC5(C)C4CCC3(C)C1C2C. The van der Waals surface area contributed by atoms with E-state index in [0.717, 1.165) is 58.0 Å². The maximum absolute atomic E-state index is 12.2. The Hall–Kier alpha value is -1.04. The Morgan fingerprint density at radius 3 is 1.56 bits per heavy atom. The Balaban J connectivity index is 0.865. The molecule has 0 radical (unpaired) electrons. The predicted molar refractivity (Wildman–Crippen MR) is 269 cm³/mol. The summed E-state index contributed by atoms with van der Waals surface area (Å²) in [7, 11) is 0. The van der Waals surface area contributed by atoms with Gasteiger partial charge in [-0.1, -0.05) is 27.7 Å². The Morgan fingerprint density at radius 2 is 0.975 bits per heavy atom. The van der Waals surface area contributed by atoms with Crippen LogP contribution in [-0.2, 0) is 56.8 Å². The molecule has 0 aromatic carbocycles. The van der Waals surface area contributed by atoms with Gasteiger partial charge in [0.25, 0.3) is 0 Å². The van der Waals surface area contributed by atoms with Gasteiger partial charge in [0.15, 0.2) is 37.2 Å². The van der Waals surface area contributed by atoms with Crippen LogP contribution in [0.15, 0.2) is 0 Å². The van der Waals surface area contributed by atoms with Crippen LogP contribution in [-0.4, -0.2) is 270 Å². The molecule has 26 nitrogen and oxygen atoms in total. The van der Waals surface area contributed by atoms with E-state index in [2.05, 4.69) is 27.7 Å². The molecule has 14 N–H and O–H groups in total.